The second-order valence-corrected chi connectivity index (χ2v) is 5.75. The number of halogens is 1. The monoisotopic (exact) mass is 358 g/mol. The van der Waals surface area contributed by atoms with Crippen molar-refractivity contribution in [3.8, 4) is 5.88 Å². The van der Waals surface area contributed by atoms with Gasteiger partial charge in [-0.1, -0.05) is 6.07 Å². The molecule has 0 unspecified atom stereocenters. The number of hydrogen-bond acceptors (Lipinski definition) is 5. The lowest BCUT2D eigenvalue weighted by atomic mass is 10.1. The zero-order valence-electron chi connectivity index (χ0n) is 14.4. The highest BCUT2D eigenvalue weighted by Gasteiger charge is 2.31. The number of ether oxygens (including phenoxy) is 1. The smallest absolute Gasteiger partial charge is 0.270 e. The summed E-state index contributed by atoms with van der Waals surface area (Å²) in [5, 5.41) is 2.71. The SMILES string of the molecule is CCNC(=O)c1nccc2c1CN(Cc1ccc(OCCF)nc1)C2=O. The lowest BCUT2D eigenvalue weighted by Crippen LogP contribution is -2.25. The molecular formula is C18H19FN4O3. The van der Waals surface area contributed by atoms with Gasteiger partial charge in [-0.3, -0.25) is 14.6 Å². The molecule has 136 valence electrons. The first-order chi connectivity index (χ1) is 12.6. The van der Waals surface area contributed by atoms with E-state index in [1.54, 1.807) is 29.3 Å². The van der Waals surface area contributed by atoms with Crippen LogP contribution in [0, 0.1) is 0 Å². The molecule has 1 N–H and O–H groups in total. The molecule has 3 heterocycles. The van der Waals surface area contributed by atoms with E-state index in [2.05, 4.69) is 15.3 Å². The van der Waals surface area contributed by atoms with Gasteiger partial charge in [0.2, 0.25) is 5.88 Å². The number of hydrogen-bond donors (Lipinski definition) is 1. The van der Waals surface area contributed by atoms with E-state index in [9.17, 15) is 14.0 Å². The van der Waals surface area contributed by atoms with Gasteiger partial charge in [0, 0.05) is 49.2 Å². The Bertz CT molecular complexity index is 811. The maximum absolute atomic E-state index is 12.6. The van der Waals surface area contributed by atoms with Crippen molar-refractivity contribution in [1.82, 2.24) is 20.2 Å². The molecule has 2 aromatic rings. The first-order valence-electron chi connectivity index (χ1n) is 8.33. The summed E-state index contributed by atoms with van der Waals surface area (Å²) in [5.41, 5.74) is 2.23. The van der Waals surface area contributed by atoms with E-state index in [4.69, 9.17) is 4.74 Å². The fourth-order valence-corrected chi connectivity index (χ4v) is 2.81. The molecule has 1 aliphatic heterocycles. The molecule has 26 heavy (non-hydrogen) atoms. The number of amides is 2. The fourth-order valence-electron chi connectivity index (χ4n) is 2.81. The van der Waals surface area contributed by atoms with Crippen molar-refractivity contribution in [3.63, 3.8) is 0 Å². The number of nitrogens with zero attached hydrogens (tertiary/aromatic N) is 3. The third kappa shape index (κ3) is 3.63. The standard InChI is InChI=1S/C18H19FN4O3/c1-2-20-17(24)16-14-11-23(18(25)13(14)5-7-21-16)10-12-3-4-15(22-9-12)26-8-6-19/h3-5,7,9H,2,6,8,10-11H2,1H3,(H,20,24). The number of fused-ring (bicyclic) bond motifs is 1. The molecule has 0 spiro atoms. The molecule has 2 aromatic heterocycles. The molecule has 0 aliphatic carbocycles. The van der Waals surface area contributed by atoms with E-state index in [0.29, 0.717) is 36.6 Å². The van der Waals surface area contributed by atoms with Crippen LogP contribution >= 0.6 is 0 Å². The highest BCUT2D eigenvalue weighted by atomic mass is 19.1. The Balaban J connectivity index is 1.74. The first kappa shape index (κ1) is 17.8. The second-order valence-electron chi connectivity index (χ2n) is 5.75. The summed E-state index contributed by atoms with van der Waals surface area (Å²) < 4.78 is 17.2. The summed E-state index contributed by atoms with van der Waals surface area (Å²) in [5.74, 6) is -0.0918. The topological polar surface area (TPSA) is 84.4 Å². The molecule has 0 saturated carbocycles. The van der Waals surface area contributed by atoms with Gasteiger partial charge in [0.15, 0.2) is 0 Å². The van der Waals surface area contributed by atoms with Crippen molar-refractivity contribution in [3.05, 3.63) is 53.0 Å². The summed E-state index contributed by atoms with van der Waals surface area (Å²) in [7, 11) is 0. The van der Waals surface area contributed by atoms with Gasteiger partial charge in [0.05, 0.1) is 0 Å². The van der Waals surface area contributed by atoms with Crippen LogP contribution in [0.5, 0.6) is 5.88 Å². The summed E-state index contributed by atoms with van der Waals surface area (Å²) in [6.07, 6.45) is 3.07. The van der Waals surface area contributed by atoms with Crippen LogP contribution in [-0.4, -0.2) is 46.5 Å². The summed E-state index contributed by atoms with van der Waals surface area (Å²) in [6.45, 7) is 2.36. The molecule has 0 radical (unpaired) electrons. The van der Waals surface area contributed by atoms with Gasteiger partial charge in [0.1, 0.15) is 19.0 Å². The summed E-state index contributed by atoms with van der Waals surface area (Å²) in [4.78, 5) is 34.6. The van der Waals surface area contributed by atoms with Gasteiger partial charge in [0.25, 0.3) is 11.8 Å². The fraction of sp³-hybridized carbons (Fsp3) is 0.333. The maximum Gasteiger partial charge on any atom is 0.270 e. The number of aromatic nitrogens is 2. The van der Waals surface area contributed by atoms with Crippen molar-refractivity contribution in [2.45, 2.75) is 20.0 Å². The Morgan fingerprint density at radius 1 is 1.35 bits per heavy atom. The van der Waals surface area contributed by atoms with Gasteiger partial charge >= 0.3 is 0 Å². The van der Waals surface area contributed by atoms with Crippen molar-refractivity contribution in [2.24, 2.45) is 0 Å². The Hall–Kier alpha value is -3.03. The Kier molecular flexibility index (Phi) is 5.40. The van der Waals surface area contributed by atoms with Crippen LogP contribution in [-0.2, 0) is 13.1 Å². The zero-order valence-corrected chi connectivity index (χ0v) is 14.4. The van der Waals surface area contributed by atoms with E-state index in [1.807, 2.05) is 6.92 Å². The molecule has 0 atom stereocenters. The minimum absolute atomic E-state index is 0.0398. The molecular weight excluding hydrogens is 339 g/mol. The third-order valence-electron chi connectivity index (χ3n) is 3.97. The van der Waals surface area contributed by atoms with E-state index < -0.39 is 6.67 Å². The quantitative estimate of drug-likeness (QED) is 0.815. The number of pyridine rings is 2. The lowest BCUT2D eigenvalue weighted by Gasteiger charge is -2.15. The van der Waals surface area contributed by atoms with Gasteiger partial charge in [-0.25, -0.2) is 9.37 Å². The van der Waals surface area contributed by atoms with Gasteiger partial charge < -0.3 is 15.0 Å². The molecule has 2 amide bonds. The van der Waals surface area contributed by atoms with E-state index >= 15 is 0 Å². The van der Waals surface area contributed by atoms with E-state index in [-0.39, 0.29) is 24.1 Å². The van der Waals surface area contributed by atoms with Crippen LogP contribution in [0.4, 0.5) is 4.39 Å². The van der Waals surface area contributed by atoms with E-state index in [1.165, 1.54) is 6.20 Å². The van der Waals surface area contributed by atoms with Crippen molar-refractivity contribution in [1.29, 1.82) is 0 Å². The number of carbonyl (C=O) groups is 2. The van der Waals surface area contributed by atoms with Crippen molar-refractivity contribution in [2.75, 3.05) is 19.8 Å². The highest BCUT2D eigenvalue weighted by molar-refractivity contribution is 6.03. The molecule has 0 saturated heterocycles. The van der Waals surface area contributed by atoms with E-state index in [0.717, 1.165) is 5.56 Å². The highest BCUT2D eigenvalue weighted by Crippen LogP contribution is 2.26. The number of alkyl halides is 1. The number of rotatable bonds is 7. The molecule has 1 aliphatic rings. The van der Waals surface area contributed by atoms with Gasteiger partial charge in [-0.05, 0) is 18.6 Å². The van der Waals surface area contributed by atoms with Gasteiger partial charge in [-0.15, -0.1) is 0 Å². The number of carbonyl (C=O) groups excluding carboxylic acids is 2. The van der Waals surface area contributed by atoms with Crippen molar-refractivity contribution < 1.29 is 18.7 Å². The average Bonchev–Trinajstić information content (AvgIpc) is 2.97. The predicted octanol–water partition coefficient (Wildman–Crippen LogP) is 1.73. The van der Waals surface area contributed by atoms with Crippen molar-refractivity contribution >= 4 is 11.8 Å². The minimum Gasteiger partial charge on any atom is -0.475 e. The van der Waals surface area contributed by atoms with Crippen LogP contribution in [0.15, 0.2) is 30.6 Å². The molecule has 0 bridgehead atoms. The molecule has 7 nitrogen and oxygen atoms in total. The minimum atomic E-state index is -0.577. The Labute approximate surface area is 150 Å². The summed E-state index contributed by atoms with van der Waals surface area (Å²) >= 11 is 0. The Morgan fingerprint density at radius 3 is 2.88 bits per heavy atom. The first-order valence-corrected chi connectivity index (χ1v) is 8.33. The van der Waals surface area contributed by atoms with Crippen LogP contribution in [0.1, 0.15) is 38.9 Å². The maximum atomic E-state index is 12.6. The lowest BCUT2D eigenvalue weighted by molar-refractivity contribution is 0.0765. The Morgan fingerprint density at radius 2 is 2.19 bits per heavy atom. The second kappa shape index (κ2) is 7.90. The van der Waals surface area contributed by atoms with Crippen LogP contribution in [0.3, 0.4) is 0 Å². The van der Waals surface area contributed by atoms with Crippen LogP contribution in [0.2, 0.25) is 0 Å². The molecule has 8 heteroatoms. The predicted molar refractivity (Wildman–Crippen MR) is 91.5 cm³/mol. The molecule has 0 fully saturated rings. The molecule has 3 rings (SSSR count). The van der Waals surface area contributed by atoms with Crippen LogP contribution < -0.4 is 10.1 Å². The largest absolute Gasteiger partial charge is 0.475 e. The summed E-state index contributed by atoms with van der Waals surface area (Å²) in [6, 6.07) is 5.05. The molecule has 0 aromatic carbocycles. The van der Waals surface area contributed by atoms with Crippen LogP contribution in [0.25, 0.3) is 0 Å². The number of nitrogens with one attached hydrogen (secondary N) is 1. The van der Waals surface area contributed by atoms with Gasteiger partial charge in [-0.2, -0.15) is 0 Å². The zero-order chi connectivity index (χ0) is 18.5. The normalized spacial score (nSPS) is 12.8. The third-order valence-corrected chi connectivity index (χ3v) is 3.97. The average molecular weight is 358 g/mol.